The van der Waals surface area contributed by atoms with Crippen molar-refractivity contribution < 1.29 is 9.32 Å². The lowest BCUT2D eigenvalue weighted by molar-refractivity contribution is -0.120. The second-order valence-electron chi connectivity index (χ2n) is 5.65. The van der Waals surface area contributed by atoms with Gasteiger partial charge in [0, 0.05) is 0 Å². The van der Waals surface area contributed by atoms with Crippen LogP contribution in [0.1, 0.15) is 28.4 Å². The minimum absolute atomic E-state index is 0.0568. The Bertz CT molecular complexity index is 812. The number of benzene rings is 2. The van der Waals surface area contributed by atoms with Crippen LogP contribution >= 0.6 is 0 Å². The Kier molecular flexibility index (Phi) is 5.01. The normalized spacial score (nSPS) is 10.5. The summed E-state index contributed by atoms with van der Waals surface area (Å²) in [6, 6.07) is 17.8. The highest BCUT2D eigenvalue weighted by molar-refractivity contribution is 5.78. The van der Waals surface area contributed by atoms with E-state index in [0.717, 1.165) is 16.7 Å². The molecule has 0 spiro atoms. The molecule has 1 N–H and O–H groups in total. The van der Waals surface area contributed by atoms with Crippen LogP contribution in [0.15, 0.2) is 59.1 Å². The van der Waals surface area contributed by atoms with Gasteiger partial charge in [0.05, 0.1) is 19.4 Å². The zero-order valence-electron chi connectivity index (χ0n) is 13.5. The SMILES string of the molecule is Cc1ccccc1CC(=O)NCc1noc(Cc2ccccc2)n1. The number of carbonyl (C=O) groups is 1. The van der Waals surface area contributed by atoms with E-state index in [4.69, 9.17) is 4.52 Å². The number of amides is 1. The summed E-state index contributed by atoms with van der Waals surface area (Å²) in [5.74, 6) is 0.974. The number of hydrogen-bond acceptors (Lipinski definition) is 4. The van der Waals surface area contributed by atoms with Gasteiger partial charge in [-0.15, -0.1) is 0 Å². The molecule has 3 rings (SSSR count). The molecule has 3 aromatic rings. The van der Waals surface area contributed by atoms with Gasteiger partial charge in [0.1, 0.15) is 0 Å². The van der Waals surface area contributed by atoms with E-state index in [1.165, 1.54) is 0 Å². The zero-order valence-corrected chi connectivity index (χ0v) is 13.5. The smallest absolute Gasteiger partial charge is 0.231 e. The van der Waals surface area contributed by atoms with Crippen molar-refractivity contribution in [3.05, 3.63) is 83.0 Å². The zero-order chi connectivity index (χ0) is 16.8. The van der Waals surface area contributed by atoms with E-state index in [2.05, 4.69) is 15.5 Å². The van der Waals surface area contributed by atoms with Crippen molar-refractivity contribution in [3.63, 3.8) is 0 Å². The molecule has 24 heavy (non-hydrogen) atoms. The second kappa shape index (κ2) is 7.55. The van der Waals surface area contributed by atoms with Gasteiger partial charge >= 0.3 is 0 Å². The lowest BCUT2D eigenvalue weighted by atomic mass is 10.1. The number of carbonyl (C=O) groups excluding carboxylic acids is 1. The van der Waals surface area contributed by atoms with E-state index in [9.17, 15) is 4.79 Å². The molecular formula is C19H19N3O2. The molecular weight excluding hydrogens is 302 g/mol. The summed E-state index contributed by atoms with van der Waals surface area (Å²) in [6.07, 6.45) is 0.937. The Morgan fingerprint density at radius 3 is 2.62 bits per heavy atom. The van der Waals surface area contributed by atoms with Gasteiger partial charge in [0.2, 0.25) is 11.8 Å². The molecule has 0 saturated carbocycles. The lowest BCUT2D eigenvalue weighted by Crippen LogP contribution is -2.25. The summed E-state index contributed by atoms with van der Waals surface area (Å²) in [7, 11) is 0. The van der Waals surface area contributed by atoms with Gasteiger partial charge in [-0.1, -0.05) is 59.8 Å². The first-order valence-electron chi connectivity index (χ1n) is 7.87. The highest BCUT2D eigenvalue weighted by Gasteiger charge is 2.10. The van der Waals surface area contributed by atoms with Crippen molar-refractivity contribution in [2.24, 2.45) is 0 Å². The molecule has 1 heterocycles. The Labute approximate surface area is 140 Å². The highest BCUT2D eigenvalue weighted by Crippen LogP contribution is 2.09. The number of hydrogen-bond donors (Lipinski definition) is 1. The quantitative estimate of drug-likeness (QED) is 0.758. The second-order valence-corrected chi connectivity index (χ2v) is 5.65. The van der Waals surface area contributed by atoms with Crippen molar-refractivity contribution in [1.82, 2.24) is 15.5 Å². The largest absolute Gasteiger partial charge is 0.348 e. The molecule has 0 atom stereocenters. The first kappa shape index (κ1) is 15.9. The van der Waals surface area contributed by atoms with Crippen molar-refractivity contribution in [1.29, 1.82) is 0 Å². The van der Waals surface area contributed by atoms with Crippen LogP contribution in [0.25, 0.3) is 0 Å². The number of aryl methyl sites for hydroxylation is 1. The lowest BCUT2D eigenvalue weighted by Gasteiger charge is -2.05. The summed E-state index contributed by atoms with van der Waals surface area (Å²) < 4.78 is 5.23. The third-order valence-corrected chi connectivity index (χ3v) is 3.76. The van der Waals surface area contributed by atoms with Crippen LogP contribution in [-0.2, 0) is 24.2 Å². The van der Waals surface area contributed by atoms with E-state index < -0.39 is 0 Å². The summed E-state index contributed by atoms with van der Waals surface area (Å²) in [6.45, 7) is 2.26. The Morgan fingerprint density at radius 2 is 1.83 bits per heavy atom. The van der Waals surface area contributed by atoms with Gasteiger partial charge in [-0.2, -0.15) is 4.98 Å². The molecule has 0 aliphatic carbocycles. The molecule has 2 aromatic carbocycles. The van der Waals surface area contributed by atoms with Gasteiger partial charge in [-0.3, -0.25) is 4.79 Å². The standard InChI is InChI=1S/C19H19N3O2/c1-14-7-5-6-10-16(14)12-18(23)20-13-17-21-19(24-22-17)11-15-8-3-2-4-9-15/h2-10H,11-13H2,1H3,(H,20,23). The first-order valence-corrected chi connectivity index (χ1v) is 7.87. The van der Waals surface area contributed by atoms with E-state index in [0.29, 0.717) is 24.6 Å². The van der Waals surface area contributed by atoms with E-state index in [1.807, 2.05) is 61.5 Å². The third kappa shape index (κ3) is 4.29. The van der Waals surface area contributed by atoms with Crippen LogP contribution in [0.5, 0.6) is 0 Å². The van der Waals surface area contributed by atoms with E-state index in [1.54, 1.807) is 0 Å². The first-order chi connectivity index (χ1) is 11.7. The monoisotopic (exact) mass is 321 g/mol. The fourth-order valence-corrected chi connectivity index (χ4v) is 2.43. The van der Waals surface area contributed by atoms with Gasteiger partial charge in [0.25, 0.3) is 0 Å². The molecule has 0 unspecified atom stereocenters. The maximum Gasteiger partial charge on any atom is 0.231 e. The van der Waals surface area contributed by atoms with Crippen molar-refractivity contribution in [3.8, 4) is 0 Å². The summed E-state index contributed by atoms with van der Waals surface area (Å²) >= 11 is 0. The topological polar surface area (TPSA) is 68.0 Å². The van der Waals surface area contributed by atoms with Crippen LogP contribution in [-0.4, -0.2) is 16.0 Å². The van der Waals surface area contributed by atoms with Crippen LogP contribution in [0.2, 0.25) is 0 Å². The van der Waals surface area contributed by atoms with Crippen molar-refractivity contribution in [2.45, 2.75) is 26.3 Å². The summed E-state index contributed by atoms with van der Waals surface area (Å²) in [4.78, 5) is 16.3. The van der Waals surface area contributed by atoms with Gasteiger partial charge in [0.15, 0.2) is 5.82 Å². The Hall–Kier alpha value is -2.95. The minimum atomic E-state index is -0.0568. The van der Waals surface area contributed by atoms with Gasteiger partial charge < -0.3 is 9.84 Å². The van der Waals surface area contributed by atoms with Crippen LogP contribution in [0, 0.1) is 6.92 Å². The summed E-state index contributed by atoms with van der Waals surface area (Å²) in [5, 5.41) is 6.74. The maximum atomic E-state index is 12.0. The molecule has 1 aromatic heterocycles. The van der Waals surface area contributed by atoms with E-state index in [-0.39, 0.29) is 12.5 Å². The van der Waals surface area contributed by atoms with Crippen LogP contribution < -0.4 is 5.32 Å². The fourth-order valence-electron chi connectivity index (χ4n) is 2.43. The Morgan fingerprint density at radius 1 is 1.08 bits per heavy atom. The average molecular weight is 321 g/mol. The molecule has 0 aliphatic rings. The molecule has 0 aliphatic heterocycles. The van der Waals surface area contributed by atoms with Gasteiger partial charge in [-0.05, 0) is 23.6 Å². The molecule has 0 radical (unpaired) electrons. The molecule has 122 valence electrons. The molecule has 1 amide bonds. The fraction of sp³-hybridized carbons (Fsp3) is 0.211. The molecule has 5 heteroatoms. The van der Waals surface area contributed by atoms with Crippen molar-refractivity contribution >= 4 is 5.91 Å². The minimum Gasteiger partial charge on any atom is -0.348 e. The average Bonchev–Trinajstić information content (AvgIpc) is 3.03. The molecule has 0 saturated heterocycles. The van der Waals surface area contributed by atoms with Crippen molar-refractivity contribution in [2.75, 3.05) is 0 Å². The molecule has 5 nitrogen and oxygen atoms in total. The van der Waals surface area contributed by atoms with Gasteiger partial charge in [-0.25, -0.2) is 0 Å². The number of aromatic nitrogens is 2. The predicted octanol–water partition coefficient (Wildman–Crippen LogP) is 2.83. The Balaban J connectivity index is 1.52. The summed E-state index contributed by atoms with van der Waals surface area (Å²) in [5.41, 5.74) is 3.24. The number of nitrogens with one attached hydrogen (secondary N) is 1. The number of rotatable bonds is 6. The number of nitrogens with zero attached hydrogens (tertiary/aromatic N) is 2. The maximum absolute atomic E-state index is 12.0. The predicted molar refractivity (Wildman–Crippen MR) is 90.3 cm³/mol. The molecule has 0 bridgehead atoms. The van der Waals surface area contributed by atoms with Crippen LogP contribution in [0.3, 0.4) is 0 Å². The third-order valence-electron chi connectivity index (χ3n) is 3.76. The van der Waals surface area contributed by atoms with E-state index >= 15 is 0 Å². The van der Waals surface area contributed by atoms with Crippen LogP contribution in [0.4, 0.5) is 0 Å². The molecule has 0 fully saturated rings. The highest BCUT2D eigenvalue weighted by atomic mass is 16.5.